The predicted octanol–water partition coefficient (Wildman–Crippen LogP) is 1.36. The van der Waals surface area contributed by atoms with Crippen LogP contribution >= 0.6 is 11.8 Å². The third kappa shape index (κ3) is 4.17. The molecule has 0 N–H and O–H groups in total. The van der Waals surface area contributed by atoms with Crippen LogP contribution < -0.4 is 0 Å². The van der Waals surface area contributed by atoms with Gasteiger partial charge in [0.2, 0.25) is 17.7 Å². The lowest BCUT2D eigenvalue weighted by Gasteiger charge is -2.35. The molecule has 0 spiro atoms. The van der Waals surface area contributed by atoms with Gasteiger partial charge in [0.1, 0.15) is 0 Å². The zero-order valence-corrected chi connectivity index (χ0v) is 15.4. The summed E-state index contributed by atoms with van der Waals surface area (Å²) in [6.07, 6.45) is 3.00. The Morgan fingerprint density at radius 3 is 2.88 bits per heavy atom. The van der Waals surface area contributed by atoms with Gasteiger partial charge in [0, 0.05) is 37.7 Å². The number of rotatable bonds is 4. The van der Waals surface area contributed by atoms with Crippen LogP contribution in [0.3, 0.4) is 0 Å². The Balaban J connectivity index is 1.32. The largest absolute Gasteiger partial charge is 0.423 e. The molecule has 138 valence electrons. The van der Waals surface area contributed by atoms with Crippen LogP contribution in [0.25, 0.3) is 0 Å². The van der Waals surface area contributed by atoms with Crippen LogP contribution in [-0.4, -0.2) is 76.8 Å². The second kappa shape index (κ2) is 8.05. The van der Waals surface area contributed by atoms with E-state index in [0.717, 1.165) is 63.6 Å². The first-order valence-corrected chi connectivity index (χ1v) is 10.4. The minimum Gasteiger partial charge on any atom is -0.423 e. The Morgan fingerprint density at radius 1 is 1.20 bits per heavy atom. The average Bonchev–Trinajstić information content (AvgIpc) is 3.34. The normalized spacial score (nSPS) is 28.4. The minimum atomic E-state index is 0.113. The number of carbonyl (C=O) groups is 1. The molecule has 1 aromatic heterocycles. The number of thioether (sulfide) groups is 1. The third-order valence-corrected chi connectivity index (χ3v) is 6.24. The van der Waals surface area contributed by atoms with Gasteiger partial charge in [-0.3, -0.25) is 9.69 Å². The Labute approximate surface area is 152 Å². The summed E-state index contributed by atoms with van der Waals surface area (Å²) >= 11 is 1.94. The van der Waals surface area contributed by atoms with Crippen molar-refractivity contribution in [3.63, 3.8) is 0 Å². The average molecular weight is 366 g/mol. The van der Waals surface area contributed by atoms with E-state index in [0.29, 0.717) is 30.8 Å². The van der Waals surface area contributed by atoms with E-state index in [1.54, 1.807) is 0 Å². The van der Waals surface area contributed by atoms with Crippen molar-refractivity contribution in [3.8, 4) is 0 Å². The van der Waals surface area contributed by atoms with Crippen LogP contribution in [0.4, 0.5) is 0 Å². The van der Waals surface area contributed by atoms with Crippen molar-refractivity contribution < 1.29 is 13.9 Å². The molecule has 1 aromatic rings. The maximum Gasteiger partial charge on any atom is 0.230 e. The number of piperidine rings is 1. The zero-order valence-electron chi connectivity index (χ0n) is 14.6. The van der Waals surface area contributed by atoms with Gasteiger partial charge in [-0.25, -0.2) is 0 Å². The van der Waals surface area contributed by atoms with Gasteiger partial charge in [-0.05, 0) is 25.8 Å². The number of amides is 1. The number of likely N-dealkylation sites (tertiary alicyclic amines) is 1. The van der Waals surface area contributed by atoms with Gasteiger partial charge in [-0.1, -0.05) is 0 Å². The molecule has 2 unspecified atom stereocenters. The second-order valence-electron chi connectivity index (χ2n) is 7.11. The number of carbonyl (C=O) groups excluding carboxylic acids is 1. The molecule has 0 saturated carbocycles. The standard InChI is InChI=1S/C17H26N4O3S/c22-17(21-5-8-25-9-6-21)13-2-1-4-20(10-13)11-15-18-19-16(24-15)14-3-7-23-12-14/h13-14H,1-12H2. The van der Waals surface area contributed by atoms with E-state index in [1.165, 1.54) is 0 Å². The zero-order chi connectivity index (χ0) is 17.1. The third-order valence-electron chi connectivity index (χ3n) is 5.30. The van der Waals surface area contributed by atoms with Crippen molar-refractivity contribution in [3.05, 3.63) is 11.8 Å². The summed E-state index contributed by atoms with van der Waals surface area (Å²) in [6, 6.07) is 0. The Morgan fingerprint density at radius 2 is 2.08 bits per heavy atom. The topological polar surface area (TPSA) is 71.7 Å². The molecule has 8 heteroatoms. The van der Waals surface area contributed by atoms with Crippen molar-refractivity contribution in [1.82, 2.24) is 20.0 Å². The van der Waals surface area contributed by atoms with Crippen molar-refractivity contribution in [1.29, 1.82) is 0 Å². The fourth-order valence-corrected chi connectivity index (χ4v) is 4.76. The molecule has 0 radical (unpaired) electrons. The van der Waals surface area contributed by atoms with Crippen LogP contribution in [0.1, 0.15) is 37.0 Å². The van der Waals surface area contributed by atoms with Gasteiger partial charge in [0.05, 0.1) is 25.0 Å². The Hall–Kier alpha value is -1.12. The molecule has 0 aromatic carbocycles. The summed E-state index contributed by atoms with van der Waals surface area (Å²) < 4.78 is 11.2. The predicted molar refractivity (Wildman–Crippen MR) is 94.4 cm³/mol. The van der Waals surface area contributed by atoms with Gasteiger partial charge >= 0.3 is 0 Å². The highest BCUT2D eigenvalue weighted by atomic mass is 32.2. The summed E-state index contributed by atoms with van der Waals surface area (Å²) in [5, 5.41) is 8.39. The first kappa shape index (κ1) is 17.3. The summed E-state index contributed by atoms with van der Waals surface area (Å²) in [5.74, 6) is 4.18. The summed E-state index contributed by atoms with van der Waals surface area (Å²) in [6.45, 7) is 5.67. The molecule has 3 fully saturated rings. The minimum absolute atomic E-state index is 0.113. The maximum absolute atomic E-state index is 12.8. The molecule has 7 nitrogen and oxygen atoms in total. The van der Waals surface area contributed by atoms with Gasteiger partial charge in [-0.15, -0.1) is 10.2 Å². The Kier molecular flexibility index (Phi) is 5.57. The van der Waals surface area contributed by atoms with Crippen LogP contribution in [0.5, 0.6) is 0 Å². The van der Waals surface area contributed by atoms with Crippen LogP contribution in [0.2, 0.25) is 0 Å². The summed E-state index contributed by atoms with van der Waals surface area (Å²) in [5.41, 5.74) is 0. The van der Waals surface area contributed by atoms with Gasteiger partial charge in [0.15, 0.2) is 0 Å². The lowest BCUT2D eigenvalue weighted by molar-refractivity contribution is -0.137. The Bertz CT molecular complexity index is 584. The molecule has 3 aliphatic heterocycles. The van der Waals surface area contributed by atoms with Crippen LogP contribution in [0.15, 0.2) is 4.42 Å². The quantitative estimate of drug-likeness (QED) is 0.797. The van der Waals surface area contributed by atoms with Crippen LogP contribution in [-0.2, 0) is 16.1 Å². The summed E-state index contributed by atoms with van der Waals surface area (Å²) in [7, 11) is 0. The monoisotopic (exact) mass is 366 g/mol. The van der Waals surface area contributed by atoms with Gasteiger partial charge in [0.25, 0.3) is 0 Å². The van der Waals surface area contributed by atoms with Crippen molar-refractivity contribution in [2.45, 2.75) is 31.7 Å². The maximum atomic E-state index is 12.8. The molecule has 3 aliphatic rings. The van der Waals surface area contributed by atoms with Crippen molar-refractivity contribution >= 4 is 17.7 Å². The first-order valence-electron chi connectivity index (χ1n) is 9.28. The molecule has 2 atom stereocenters. The molecule has 0 bridgehead atoms. The van der Waals surface area contributed by atoms with E-state index >= 15 is 0 Å². The lowest BCUT2D eigenvalue weighted by atomic mass is 9.96. The second-order valence-corrected chi connectivity index (χ2v) is 8.33. The van der Waals surface area contributed by atoms with E-state index in [9.17, 15) is 4.79 Å². The molecule has 25 heavy (non-hydrogen) atoms. The van der Waals surface area contributed by atoms with E-state index in [-0.39, 0.29) is 11.8 Å². The molecule has 4 heterocycles. The lowest BCUT2D eigenvalue weighted by Crippen LogP contribution is -2.47. The molecule has 0 aliphatic carbocycles. The van der Waals surface area contributed by atoms with Gasteiger partial charge in [-0.2, -0.15) is 11.8 Å². The summed E-state index contributed by atoms with van der Waals surface area (Å²) in [4.78, 5) is 17.1. The fraction of sp³-hybridized carbons (Fsp3) is 0.824. The first-order chi connectivity index (χ1) is 12.3. The van der Waals surface area contributed by atoms with Crippen molar-refractivity contribution in [2.75, 3.05) is 50.9 Å². The fourth-order valence-electron chi connectivity index (χ4n) is 3.86. The molecule has 3 saturated heterocycles. The highest BCUT2D eigenvalue weighted by Gasteiger charge is 2.31. The van der Waals surface area contributed by atoms with Crippen molar-refractivity contribution in [2.24, 2.45) is 5.92 Å². The van der Waals surface area contributed by atoms with E-state index in [1.807, 2.05) is 11.8 Å². The molecule has 4 rings (SSSR count). The number of nitrogens with zero attached hydrogens (tertiary/aromatic N) is 4. The highest BCUT2D eigenvalue weighted by Crippen LogP contribution is 2.25. The van der Waals surface area contributed by atoms with E-state index < -0.39 is 0 Å². The molecular weight excluding hydrogens is 340 g/mol. The smallest absolute Gasteiger partial charge is 0.230 e. The van der Waals surface area contributed by atoms with Crippen LogP contribution in [0, 0.1) is 5.92 Å². The number of ether oxygens (including phenoxy) is 1. The van der Waals surface area contributed by atoms with E-state index in [2.05, 4.69) is 20.0 Å². The SMILES string of the molecule is O=C(C1CCCN(Cc2nnc(C3CCOC3)o2)C1)N1CCSCC1. The van der Waals surface area contributed by atoms with E-state index in [4.69, 9.17) is 9.15 Å². The number of hydrogen-bond acceptors (Lipinski definition) is 7. The highest BCUT2D eigenvalue weighted by molar-refractivity contribution is 7.99. The molecule has 1 amide bonds. The molecular formula is C17H26N4O3S. The number of hydrogen-bond donors (Lipinski definition) is 0. The van der Waals surface area contributed by atoms with Gasteiger partial charge < -0.3 is 14.1 Å². The number of aromatic nitrogens is 2.